The molecule has 3 N–H and O–H groups in total. The predicted octanol–water partition coefficient (Wildman–Crippen LogP) is 2.55. The number of hydrogen-bond acceptors (Lipinski definition) is 8. The highest BCUT2D eigenvalue weighted by molar-refractivity contribution is 6.31. The Morgan fingerprint density at radius 3 is 2.81 bits per heavy atom. The van der Waals surface area contributed by atoms with Crippen LogP contribution in [0.15, 0.2) is 30.6 Å². The second kappa shape index (κ2) is 8.70. The van der Waals surface area contributed by atoms with Crippen molar-refractivity contribution in [2.24, 2.45) is 0 Å². The average Bonchev–Trinajstić information content (AvgIpc) is 2.65. The normalized spacial score (nSPS) is 10.9. The fraction of sp³-hybridized carbons (Fsp3) is 0.294. The molecule has 0 amide bonds. The van der Waals surface area contributed by atoms with E-state index in [1.54, 1.807) is 12.4 Å². The van der Waals surface area contributed by atoms with Gasteiger partial charge in [0.1, 0.15) is 0 Å². The van der Waals surface area contributed by atoms with Crippen LogP contribution in [0.2, 0.25) is 5.02 Å². The summed E-state index contributed by atoms with van der Waals surface area (Å²) in [4.78, 5) is 17.4. The summed E-state index contributed by atoms with van der Waals surface area (Å²) in [6.07, 6.45) is 3.17. The molecule has 0 aliphatic rings. The summed E-state index contributed by atoms with van der Waals surface area (Å²) >= 11 is 6.19. The number of aryl methyl sites for hydroxylation is 1. The van der Waals surface area contributed by atoms with Gasteiger partial charge in [0.25, 0.3) is 0 Å². The Kier molecular flexibility index (Phi) is 6.11. The lowest BCUT2D eigenvalue weighted by Crippen LogP contribution is -2.14. The van der Waals surface area contributed by atoms with Crippen molar-refractivity contribution in [3.8, 4) is 0 Å². The fourth-order valence-corrected chi connectivity index (χ4v) is 2.42. The van der Waals surface area contributed by atoms with Crippen molar-refractivity contribution in [1.82, 2.24) is 19.9 Å². The van der Waals surface area contributed by atoms with Gasteiger partial charge in [-0.25, -0.2) is 9.97 Å². The molecular weight excluding hydrogens is 356 g/mol. The van der Waals surface area contributed by atoms with Gasteiger partial charge in [-0.05, 0) is 24.6 Å². The van der Waals surface area contributed by atoms with Gasteiger partial charge < -0.3 is 20.5 Å². The van der Waals surface area contributed by atoms with Crippen LogP contribution in [0.3, 0.4) is 0 Å². The molecule has 0 saturated carbocycles. The van der Waals surface area contributed by atoms with Crippen LogP contribution in [0, 0.1) is 6.92 Å². The molecule has 3 aromatic rings. The van der Waals surface area contributed by atoms with E-state index in [9.17, 15) is 0 Å². The van der Waals surface area contributed by atoms with Crippen LogP contribution < -0.4 is 10.6 Å². The Morgan fingerprint density at radius 1 is 1.15 bits per heavy atom. The first-order chi connectivity index (χ1) is 12.7. The third-order valence-electron chi connectivity index (χ3n) is 3.53. The van der Waals surface area contributed by atoms with Crippen LogP contribution in [0.1, 0.15) is 5.56 Å². The molecule has 0 radical (unpaired) electrons. The third kappa shape index (κ3) is 4.54. The molecule has 1 aromatic carbocycles. The molecule has 0 atom stereocenters. The number of nitrogens with zero attached hydrogens (tertiary/aromatic N) is 4. The molecule has 8 nitrogen and oxygen atoms in total. The molecule has 0 saturated heterocycles. The third-order valence-corrected chi connectivity index (χ3v) is 3.94. The Balaban J connectivity index is 1.83. The number of aliphatic hydroxyl groups excluding tert-OH is 1. The first-order valence-corrected chi connectivity index (χ1v) is 8.49. The van der Waals surface area contributed by atoms with Crippen molar-refractivity contribution in [3.63, 3.8) is 0 Å². The van der Waals surface area contributed by atoms with Crippen LogP contribution in [0.5, 0.6) is 0 Å². The number of aromatic nitrogens is 4. The van der Waals surface area contributed by atoms with Crippen molar-refractivity contribution in [2.75, 3.05) is 37.0 Å². The number of nitrogens with one attached hydrogen (secondary N) is 2. The van der Waals surface area contributed by atoms with Crippen LogP contribution in [-0.2, 0) is 4.74 Å². The number of hydrogen-bond donors (Lipinski definition) is 3. The van der Waals surface area contributed by atoms with Gasteiger partial charge in [-0.1, -0.05) is 17.7 Å². The number of anilines is 3. The second-order valence-electron chi connectivity index (χ2n) is 5.48. The molecule has 0 fully saturated rings. The number of aliphatic hydroxyl groups is 1. The largest absolute Gasteiger partial charge is 0.394 e. The Hall–Kier alpha value is -2.55. The first-order valence-electron chi connectivity index (χ1n) is 8.12. The number of rotatable bonds is 8. The zero-order chi connectivity index (χ0) is 18.4. The standard InChI is InChI=1S/C17H19ClN6O2/c1-11-2-3-12(10-13(11)18)22-16-14-15(20-5-4-19-14)23-17(24-16)21-6-8-26-9-7-25/h2-5,10,25H,6-9H2,1H3,(H2,20,21,22,23,24). The number of ether oxygens (including phenoxy) is 1. The fourth-order valence-electron chi connectivity index (χ4n) is 2.24. The van der Waals surface area contributed by atoms with E-state index in [1.165, 1.54) is 0 Å². The topological polar surface area (TPSA) is 105 Å². The van der Waals surface area contributed by atoms with E-state index in [-0.39, 0.29) is 6.61 Å². The van der Waals surface area contributed by atoms with Gasteiger partial charge in [0, 0.05) is 29.6 Å². The maximum atomic E-state index is 8.71. The van der Waals surface area contributed by atoms with Crippen LogP contribution in [0.25, 0.3) is 11.2 Å². The maximum absolute atomic E-state index is 8.71. The molecule has 2 heterocycles. The number of benzene rings is 1. The minimum Gasteiger partial charge on any atom is -0.394 e. The van der Waals surface area contributed by atoms with Gasteiger partial charge >= 0.3 is 0 Å². The molecular formula is C17H19ClN6O2. The Labute approximate surface area is 155 Å². The summed E-state index contributed by atoms with van der Waals surface area (Å²) in [5.74, 6) is 0.938. The first kappa shape index (κ1) is 18.2. The van der Waals surface area contributed by atoms with Gasteiger partial charge in [0.2, 0.25) is 5.95 Å². The molecule has 0 aliphatic heterocycles. The predicted molar refractivity (Wildman–Crippen MR) is 101 cm³/mol. The minimum absolute atomic E-state index is 0.00472. The minimum atomic E-state index is -0.00472. The number of halogens is 1. The molecule has 0 unspecified atom stereocenters. The molecule has 2 aromatic heterocycles. The highest BCUT2D eigenvalue weighted by Gasteiger charge is 2.10. The van der Waals surface area contributed by atoms with Crippen molar-refractivity contribution < 1.29 is 9.84 Å². The summed E-state index contributed by atoms with van der Waals surface area (Å²) in [6, 6.07) is 5.68. The quantitative estimate of drug-likeness (QED) is 0.516. The average molecular weight is 375 g/mol. The summed E-state index contributed by atoms with van der Waals surface area (Å²) in [5.41, 5.74) is 2.83. The van der Waals surface area contributed by atoms with E-state index in [4.69, 9.17) is 21.4 Å². The van der Waals surface area contributed by atoms with Crippen molar-refractivity contribution in [2.45, 2.75) is 6.92 Å². The van der Waals surface area contributed by atoms with E-state index in [2.05, 4.69) is 30.6 Å². The van der Waals surface area contributed by atoms with Gasteiger partial charge in [0.15, 0.2) is 17.0 Å². The molecule has 9 heteroatoms. The second-order valence-corrected chi connectivity index (χ2v) is 5.88. The molecule has 0 bridgehead atoms. The lowest BCUT2D eigenvalue weighted by atomic mass is 10.2. The van der Waals surface area contributed by atoms with Crippen LogP contribution >= 0.6 is 11.6 Å². The smallest absolute Gasteiger partial charge is 0.226 e. The highest BCUT2D eigenvalue weighted by atomic mass is 35.5. The van der Waals surface area contributed by atoms with Crippen molar-refractivity contribution >= 4 is 40.2 Å². The van der Waals surface area contributed by atoms with Crippen LogP contribution in [-0.4, -0.2) is 51.4 Å². The van der Waals surface area contributed by atoms with Gasteiger partial charge in [-0.15, -0.1) is 0 Å². The molecule has 136 valence electrons. The van der Waals surface area contributed by atoms with E-state index in [0.717, 1.165) is 11.3 Å². The molecule has 26 heavy (non-hydrogen) atoms. The molecule has 0 aliphatic carbocycles. The van der Waals surface area contributed by atoms with E-state index >= 15 is 0 Å². The van der Waals surface area contributed by atoms with E-state index in [0.29, 0.717) is 47.7 Å². The lowest BCUT2D eigenvalue weighted by Gasteiger charge is -2.11. The summed E-state index contributed by atoms with van der Waals surface area (Å²) in [7, 11) is 0. The Bertz CT molecular complexity index is 892. The summed E-state index contributed by atoms with van der Waals surface area (Å²) in [6.45, 7) is 3.17. The highest BCUT2D eigenvalue weighted by Crippen LogP contribution is 2.25. The van der Waals surface area contributed by atoms with Gasteiger partial charge in [-0.3, -0.25) is 0 Å². The summed E-state index contributed by atoms with van der Waals surface area (Å²) < 4.78 is 5.22. The zero-order valence-electron chi connectivity index (χ0n) is 14.2. The van der Waals surface area contributed by atoms with Crippen LogP contribution in [0.4, 0.5) is 17.5 Å². The monoisotopic (exact) mass is 374 g/mol. The van der Waals surface area contributed by atoms with Gasteiger partial charge in [0.05, 0.1) is 19.8 Å². The SMILES string of the molecule is Cc1ccc(Nc2nc(NCCOCCO)nc3nccnc23)cc1Cl. The molecule has 3 rings (SSSR count). The zero-order valence-corrected chi connectivity index (χ0v) is 15.0. The lowest BCUT2D eigenvalue weighted by molar-refractivity contribution is 0.0991. The Morgan fingerprint density at radius 2 is 2.00 bits per heavy atom. The molecule has 0 spiro atoms. The summed E-state index contributed by atoms with van der Waals surface area (Å²) in [5, 5.41) is 15.7. The van der Waals surface area contributed by atoms with Gasteiger partial charge in [-0.2, -0.15) is 9.97 Å². The maximum Gasteiger partial charge on any atom is 0.226 e. The van der Waals surface area contributed by atoms with E-state index in [1.807, 2.05) is 25.1 Å². The van der Waals surface area contributed by atoms with Crippen molar-refractivity contribution in [1.29, 1.82) is 0 Å². The van der Waals surface area contributed by atoms with Crippen molar-refractivity contribution in [3.05, 3.63) is 41.2 Å². The number of fused-ring (bicyclic) bond motifs is 1. The van der Waals surface area contributed by atoms with E-state index < -0.39 is 0 Å².